The first kappa shape index (κ1) is 19.2. The smallest absolute Gasteiger partial charge is 0.420 e. The zero-order chi connectivity index (χ0) is 20.8. The van der Waals surface area contributed by atoms with Gasteiger partial charge in [-0.3, -0.25) is 0 Å². The fourth-order valence-electron chi connectivity index (χ4n) is 3.14. The lowest BCUT2D eigenvalue weighted by Gasteiger charge is -2.27. The average molecular weight is 398 g/mol. The second-order valence-corrected chi connectivity index (χ2v) is 8.06. The summed E-state index contributed by atoms with van der Waals surface area (Å²) < 4.78 is 26.5. The van der Waals surface area contributed by atoms with E-state index in [0.717, 1.165) is 18.4 Å². The number of anilines is 2. The van der Waals surface area contributed by atoms with Crippen molar-refractivity contribution in [3.63, 3.8) is 0 Å². The van der Waals surface area contributed by atoms with E-state index in [4.69, 9.17) is 9.47 Å². The summed E-state index contributed by atoms with van der Waals surface area (Å²) in [6.45, 7) is 5.32. The molecule has 8 heteroatoms. The number of hydrogen-bond donors (Lipinski definition) is 0. The van der Waals surface area contributed by atoms with Crippen LogP contribution in [0.3, 0.4) is 0 Å². The number of nitrogens with zero attached hydrogens (tertiary/aromatic N) is 4. The summed E-state index contributed by atoms with van der Waals surface area (Å²) in [4.78, 5) is 19.0. The van der Waals surface area contributed by atoms with Crippen LogP contribution in [-0.2, 0) is 4.74 Å². The highest BCUT2D eigenvalue weighted by Gasteiger charge is 2.32. The molecular weight excluding hydrogens is 375 g/mol. The minimum absolute atomic E-state index is 0.317. The molecule has 0 N–H and O–H groups in total. The van der Waals surface area contributed by atoms with Gasteiger partial charge in [0.1, 0.15) is 11.4 Å². The van der Waals surface area contributed by atoms with E-state index in [9.17, 15) is 9.18 Å². The molecule has 1 saturated carbocycles. The van der Waals surface area contributed by atoms with Crippen LogP contribution < -0.4 is 9.64 Å². The predicted molar refractivity (Wildman–Crippen MR) is 106 cm³/mol. The first-order valence-corrected chi connectivity index (χ1v) is 9.48. The van der Waals surface area contributed by atoms with Crippen molar-refractivity contribution >= 4 is 23.2 Å². The van der Waals surface area contributed by atoms with Gasteiger partial charge in [0.2, 0.25) is 5.88 Å². The second kappa shape index (κ2) is 7.02. The number of methoxy groups -OCH3 is 1. The van der Waals surface area contributed by atoms with Crippen molar-refractivity contribution in [3.05, 3.63) is 47.9 Å². The van der Waals surface area contributed by atoms with E-state index in [1.165, 1.54) is 30.2 Å². The van der Waals surface area contributed by atoms with E-state index in [1.807, 2.05) is 0 Å². The average Bonchev–Trinajstić information content (AvgIpc) is 3.39. The molecule has 4 rings (SSSR count). The van der Waals surface area contributed by atoms with Crippen LogP contribution in [0.1, 0.15) is 45.1 Å². The number of ether oxygens (including phenoxy) is 2. The minimum Gasteiger partial charge on any atom is -0.481 e. The molecule has 2 aromatic heterocycles. The molecule has 1 amide bonds. The van der Waals surface area contributed by atoms with E-state index < -0.39 is 17.5 Å². The molecule has 3 aromatic rings. The first-order chi connectivity index (χ1) is 13.8. The van der Waals surface area contributed by atoms with E-state index >= 15 is 0 Å². The van der Waals surface area contributed by atoms with E-state index in [0.29, 0.717) is 29.0 Å². The summed E-state index contributed by atoms with van der Waals surface area (Å²) >= 11 is 0. The van der Waals surface area contributed by atoms with Gasteiger partial charge in [0.15, 0.2) is 11.5 Å². The second-order valence-electron chi connectivity index (χ2n) is 8.06. The summed E-state index contributed by atoms with van der Waals surface area (Å²) in [6, 6.07) is 7.35. The van der Waals surface area contributed by atoms with Crippen molar-refractivity contribution < 1.29 is 18.7 Å². The van der Waals surface area contributed by atoms with Crippen molar-refractivity contribution in [2.45, 2.75) is 45.1 Å². The Morgan fingerprint density at radius 3 is 2.66 bits per heavy atom. The third kappa shape index (κ3) is 3.87. The Balaban J connectivity index is 1.92. The zero-order valence-corrected chi connectivity index (χ0v) is 16.8. The number of benzene rings is 1. The Kier molecular flexibility index (Phi) is 4.64. The third-order valence-electron chi connectivity index (χ3n) is 4.55. The van der Waals surface area contributed by atoms with Crippen molar-refractivity contribution in [2.75, 3.05) is 12.0 Å². The van der Waals surface area contributed by atoms with Gasteiger partial charge in [-0.1, -0.05) is 6.07 Å². The highest BCUT2D eigenvalue weighted by Crippen LogP contribution is 2.42. The van der Waals surface area contributed by atoms with Gasteiger partial charge in [0.05, 0.1) is 19.0 Å². The molecule has 0 unspecified atom stereocenters. The number of carbonyl (C=O) groups is 1. The Labute approximate surface area is 168 Å². The Morgan fingerprint density at radius 1 is 1.28 bits per heavy atom. The molecule has 0 aliphatic heterocycles. The number of rotatable bonds is 4. The molecule has 0 bridgehead atoms. The molecule has 29 heavy (non-hydrogen) atoms. The fourth-order valence-corrected chi connectivity index (χ4v) is 3.14. The number of carbonyl (C=O) groups excluding carboxylic acids is 1. The number of amides is 1. The maximum absolute atomic E-state index is 14.0. The molecule has 0 saturated heterocycles. The van der Waals surface area contributed by atoms with Gasteiger partial charge >= 0.3 is 6.09 Å². The number of hydrogen-bond acceptors (Lipinski definition) is 5. The maximum Gasteiger partial charge on any atom is 0.420 e. The van der Waals surface area contributed by atoms with Gasteiger partial charge in [-0.05, 0) is 57.7 Å². The van der Waals surface area contributed by atoms with Gasteiger partial charge in [-0.25, -0.2) is 14.1 Å². The van der Waals surface area contributed by atoms with E-state index in [2.05, 4.69) is 10.1 Å². The van der Waals surface area contributed by atoms with Crippen LogP contribution in [0, 0.1) is 5.82 Å². The largest absolute Gasteiger partial charge is 0.481 e. The predicted octanol–water partition coefficient (Wildman–Crippen LogP) is 4.83. The lowest BCUT2D eigenvalue weighted by atomic mass is 10.2. The Morgan fingerprint density at radius 2 is 2.03 bits per heavy atom. The molecule has 1 aromatic carbocycles. The van der Waals surface area contributed by atoms with Crippen LogP contribution in [-0.4, -0.2) is 33.4 Å². The lowest BCUT2D eigenvalue weighted by Crippen LogP contribution is -2.35. The molecule has 0 spiro atoms. The summed E-state index contributed by atoms with van der Waals surface area (Å²) in [7, 11) is 1.51. The van der Waals surface area contributed by atoms with E-state index in [-0.39, 0.29) is 0 Å². The molecule has 0 atom stereocenters. The summed E-state index contributed by atoms with van der Waals surface area (Å²) in [5.74, 6) is 0.634. The summed E-state index contributed by atoms with van der Waals surface area (Å²) in [5.41, 5.74) is 1.21. The quantitative estimate of drug-likeness (QED) is 0.630. The van der Waals surface area contributed by atoms with Crippen LogP contribution in [0.4, 0.5) is 20.7 Å². The molecule has 1 aliphatic rings. The normalized spacial score (nSPS) is 14.1. The van der Waals surface area contributed by atoms with Gasteiger partial charge in [-0.2, -0.15) is 14.6 Å². The van der Waals surface area contributed by atoms with Crippen LogP contribution >= 0.6 is 0 Å². The van der Waals surface area contributed by atoms with Crippen molar-refractivity contribution in [3.8, 4) is 5.88 Å². The zero-order valence-electron chi connectivity index (χ0n) is 16.8. The standard InChI is InChI=1S/C21H23FN4O3/c1-21(2,3)29-20(27)25(15-7-5-6-14(22)10-15)18-11-17(28-4)24-19-16(13-8-9-13)12-23-26(18)19/h5-7,10-13H,8-9H2,1-4H3. The van der Waals surface area contributed by atoms with Crippen LogP contribution in [0.25, 0.3) is 5.65 Å². The van der Waals surface area contributed by atoms with Crippen LogP contribution in [0.2, 0.25) is 0 Å². The monoisotopic (exact) mass is 398 g/mol. The molecule has 2 heterocycles. The Bertz CT molecular complexity index is 1070. The van der Waals surface area contributed by atoms with Gasteiger partial charge < -0.3 is 9.47 Å². The lowest BCUT2D eigenvalue weighted by molar-refractivity contribution is 0.0597. The topological polar surface area (TPSA) is 69.0 Å². The SMILES string of the molecule is COc1cc(N(C(=O)OC(C)(C)C)c2cccc(F)c2)n2ncc(C3CC3)c2n1. The van der Waals surface area contributed by atoms with Crippen molar-refractivity contribution in [1.29, 1.82) is 0 Å². The van der Waals surface area contributed by atoms with E-state index in [1.54, 1.807) is 43.6 Å². The molecule has 7 nitrogen and oxygen atoms in total. The maximum atomic E-state index is 14.0. The summed E-state index contributed by atoms with van der Waals surface area (Å²) in [6.07, 6.45) is 3.27. The van der Waals surface area contributed by atoms with Gasteiger partial charge in [0, 0.05) is 11.6 Å². The third-order valence-corrected chi connectivity index (χ3v) is 4.55. The molecule has 1 fully saturated rings. The fraction of sp³-hybridized carbons (Fsp3) is 0.381. The highest BCUT2D eigenvalue weighted by atomic mass is 19.1. The molecule has 1 aliphatic carbocycles. The van der Waals surface area contributed by atoms with Gasteiger partial charge in [-0.15, -0.1) is 0 Å². The minimum atomic E-state index is -0.734. The first-order valence-electron chi connectivity index (χ1n) is 9.48. The van der Waals surface area contributed by atoms with Crippen molar-refractivity contribution in [1.82, 2.24) is 14.6 Å². The number of aromatic nitrogens is 3. The van der Waals surface area contributed by atoms with Crippen LogP contribution in [0.5, 0.6) is 5.88 Å². The highest BCUT2D eigenvalue weighted by molar-refractivity contribution is 5.95. The molecule has 0 radical (unpaired) electrons. The molecular formula is C21H23FN4O3. The number of fused-ring (bicyclic) bond motifs is 1. The summed E-state index contributed by atoms with van der Waals surface area (Å²) in [5, 5.41) is 4.46. The Hall–Kier alpha value is -3.16. The van der Waals surface area contributed by atoms with Crippen LogP contribution in [0.15, 0.2) is 36.5 Å². The van der Waals surface area contributed by atoms with Crippen molar-refractivity contribution in [2.24, 2.45) is 0 Å². The van der Waals surface area contributed by atoms with Gasteiger partial charge in [0.25, 0.3) is 0 Å². The number of halogens is 1. The molecule has 152 valence electrons.